The van der Waals surface area contributed by atoms with E-state index in [0.717, 1.165) is 17.7 Å². The molecule has 0 fully saturated rings. The van der Waals surface area contributed by atoms with Crippen molar-refractivity contribution in [2.45, 2.75) is 12.5 Å². The Morgan fingerprint density at radius 2 is 1.70 bits per heavy atom. The molecule has 0 N–H and O–H groups in total. The first-order valence-corrected chi connectivity index (χ1v) is 9.33. The number of hydrogen-bond acceptors (Lipinski definition) is 2. The largest absolute Gasteiger partial charge is 0.497 e. The summed E-state index contributed by atoms with van der Waals surface area (Å²) in [6.07, 6.45) is 0.849. The molecule has 0 bridgehead atoms. The third-order valence-corrected chi connectivity index (χ3v) is 5.32. The molecular formula is C23H20ClNO2. The van der Waals surface area contributed by atoms with Crippen LogP contribution in [0.5, 0.6) is 5.75 Å². The third-order valence-electron chi connectivity index (χ3n) is 5.07. The van der Waals surface area contributed by atoms with E-state index in [9.17, 15) is 4.79 Å². The molecule has 27 heavy (non-hydrogen) atoms. The standard InChI is InChI=1S/C23H20ClNO2/c1-27-20-12-8-18(9-13-20)23(26)25-15-14-16-4-2-3-5-21(16)22(25)17-6-10-19(24)11-7-17/h2-13,22H,14-15H2,1H3/t22-/m1/s1. The van der Waals surface area contributed by atoms with Crippen LogP contribution in [0, 0.1) is 0 Å². The second kappa shape index (κ2) is 7.45. The van der Waals surface area contributed by atoms with E-state index in [2.05, 4.69) is 18.2 Å². The molecule has 3 aromatic carbocycles. The molecule has 136 valence electrons. The van der Waals surface area contributed by atoms with Crippen molar-refractivity contribution in [3.8, 4) is 5.75 Å². The summed E-state index contributed by atoms with van der Waals surface area (Å²) in [5.74, 6) is 0.761. The summed E-state index contributed by atoms with van der Waals surface area (Å²) in [6, 6.07) is 23.3. The second-order valence-corrected chi connectivity index (χ2v) is 7.07. The molecule has 0 spiro atoms. The van der Waals surface area contributed by atoms with Gasteiger partial charge in [-0.1, -0.05) is 48.0 Å². The molecule has 4 heteroatoms. The Kier molecular flexibility index (Phi) is 4.87. The van der Waals surface area contributed by atoms with E-state index in [-0.39, 0.29) is 11.9 Å². The Balaban J connectivity index is 1.75. The van der Waals surface area contributed by atoms with Gasteiger partial charge in [-0.25, -0.2) is 0 Å². The Labute approximate surface area is 164 Å². The van der Waals surface area contributed by atoms with E-state index in [1.165, 1.54) is 11.1 Å². The summed E-state index contributed by atoms with van der Waals surface area (Å²) >= 11 is 6.08. The van der Waals surface area contributed by atoms with E-state index in [1.807, 2.05) is 59.5 Å². The Morgan fingerprint density at radius 1 is 1.00 bits per heavy atom. The highest BCUT2D eigenvalue weighted by atomic mass is 35.5. The monoisotopic (exact) mass is 377 g/mol. The number of carbonyl (C=O) groups excluding carboxylic acids is 1. The van der Waals surface area contributed by atoms with E-state index in [1.54, 1.807) is 7.11 Å². The van der Waals surface area contributed by atoms with Crippen LogP contribution in [0.25, 0.3) is 0 Å². The average Bonchev–Trinajstić information content (AvgIpc) is 2.73. The smallest absolute Gasteiger partial charge is 0.254 e. The maximum absolute atomic E-state index is 13.3. The van der Waals surface area contributed by atoms with Crippen LogP contribution in [0.4, 0.5) is 0 Å². The van der Waals surface area contributed by atoms with Crippen molar-refractivity contribution in [3.05, 3.63) is 100 Å². The molecule has 3 nitrogen and oxygen atoms in total. The molecule has 1 aliphatic rings. The van der Waals surface area contributed by atoms with Crippen molar-refractivity contribution in [1.29, 1.82) is 0 Å². The van der Waals surface area contributed by atoms with Crippen LogP contribution in [-0.4, -0.2) is 24.5 Å². The highest BCUT2D eigenvalue weighted by Gasteiger charge is 2.32. The van der Waals surface area contributed by atoms with Gasteiger partial charge in [0.25, 0.3) is 5.91 Å². The van der Waals surface area contributed by atoms with Crippen LogP contribution in [-0.2, 0) is 6.42 Å². The normalized spacial score (nSPS) is 15.9. The van der Waals surface area contributed by atoms with Gasteiger partial charge in [0.15, 0.2) is 0 Å². The zero-order valence-corrected chi connectivity index (χ0v) is 15.8. The zero-order valence-electron chi connectivity index (χ0n) is 15.1. The summed E-state index contributed by atoms with van der Waals surface area (Å²) in [5.41, 5.74) is 4.19. The highest BCUT2D eigenvalue weighted by molar-refractivity contribution is 6.30. The quantitative estimate of drug-likeness (QED) is 0.632. The SMILES string of the molecule is COc1ccc(C(=O)N2CCc3ccccc3[C@H]2c2ccc(Cl)cc2)cc1. The average molecular weight is 378 g/mol. The molecule has 0 saturated carbocycles. The number of methoxy groups -OCH3 is 1. The van der Waals surface area contributed by atoms with Crippen molar-refractivity contribution in [1.82, 2.24) is 4.90 Å². The lowest BCUT2D eigenvalue weighted by Crippen LogP contribution is -2.40. The molecule has 1 aliphatic heterocycles. The molecule has 1 amide bonds. The molecule has 0 radical (unpaired) electrons. The first kappa shape index (κ1) is 17.6. The minimum absolute atomic E-state index is 0.0205. The number of nitrogens with zero attached hydrogens (tertiary/aromatic N) is 1. The van der Waals surface area contributed by atoms with Gasteiger partial charge in [-0.3, -0.25) is 4.79 Å². The van der Waals surface area contributed by atoms with Gasteiger partial charge in [0.1, 0.15) is 5.75 Å². The number of rotatable bonds is 3. The first-order valence-electron chi connectivity index (χ1n) is 8.95. The fourth-order valence-electron chi connectivity index (χ4n) is 3.69. The van der Waals surface area contributed by atoms with Crippen molar-refractivity contribution in [3.63, 3.8) is 0 Å². The van der Waals surface area contributed by atoms with Crippen LogP contribution in [0.2, 0.25) is 5.02 Å². The van der Waals surface area contributed by atoms with Gasteiger partial charge in [-0.2, -0.15) is 0 Å². The molecule has 1 heterocycles. The molecular weight excluding hydrogens is 358 g/mol. The number of hydrogen-bond donors (Lipinski definition) is 0. The second-order valence-electron chi connectivity index (χ2n) is 6.63. The van der Waals surface area contributed by atoms with Crippen molar-refractivity contribution in [2.75, 3.05) is 13.7 Å². The Bertz CT molecular complexity index is 951. The number of halogens is 1. The van der Waals surface area contributed by atoms with Crippen molar-refractivity contribution >= 4 is 17.5 Å². The topological polar surface area (TPSA) is 29.5 Å². The van der Waals surface area contributed by atoms with E-state index >= 15 is 0 Å². The Morgan fingerprint density at radius 3 is 2.41 bits per heavy atom. The number of carbonyl (C=O) groups is 1. The maximum Gasteiger partial charge on any atom is 0.254 e. The maximum atomic E-state index is 13.3. The van der Waals surface area contributed by atoms with Gasteiger partial charge in [-0.15, -0.1) is 0 Å². The zero-order chi connectivity index (χ0) is 18.8. The van der Waals surface area contributed by atoms with Crippen LogP contribution >= 0.6 is 11.6 Å². The van der Waals surface area contributed by atoms with Gasteiger partial charge in [0.05, 0.1) is 13.2 Å². The van der Waals surface area contributed by atoms with Crippen LogP contribution in [0.15, 0.2) is 72.8 Å². The van der Waals surface area contributed by atoms with Crippen LogP contribution < -0.4 is 4.74 Å². The minimum Gasteiger partial charge on any atom is -0.497 e. The Hall–Kier alpha value is -2.78. The number of benzene rings is 3. The van der Waals surface area contributed by atoms with Gasteiger partial charge < -0.3 is 9.64 Å². The van der Waals surface area contributed by atoms with Gasteiger partial charge in [-0.05, 0) is 59.5 Å². The van der Waals surface area contributed by atoms with Crippen molar-refractivity contribution < 1.29 is 9.53 Å². The lowest BCUT2D eigenvalue weighted by atomic mass is 9.87. The summed E-state index contributed by atoms with van der Waals surface area (Å²) in [5, 5.41) is 0.691. The van der Waals surface area contributed by atoms with Gasteiger partial charge in [0, 0.05) is 17.1 Å². The lowest BCUT2D eigenvalue weighted by Gasteiger charge is -2.38. The van der Waals surface area contributed by atoms with Crippen LogP contribution in [0.1, 0.15) is 33.1 Å². The molecule has 3 aromatic rings. The fourth-order valence-corrected chi connectivity index (χ4v) is 3.82. The summed E-state index contributed by atoms with van der Waals surface area (Å²) < 4.78 is 5.21. The van der Waals surface area contributed by atoms with E-state index < -0.39 is 0 Å². The molecule has 0 aromatic heterocycles. The lowest BCUT2D eigenvalue weighted by molar-refractivity contribution is 0.0694. The minimum atomic E-state index is -0.123. The van der Waals surface area contributed by atoms with Gasteiger partial charge in [0.2, 0.25) is 0 Å². The third kappa shape index (κ3) is 3.43. The predicted molar refractivity (Wildman–Crippen MR) is 107 cm³/mol. The predicted octanol–water partition coefficient (Wildman–Crippen LogP) is 5.14. The van der Waals surface area contributed by atoms with Gasteiger partial charge >= 0.3 is 0 Å². The first-order chi connectivity index (χ1) is 13.2. The molecule has 1 atom stereocenters. The van der Waals surface area contributed by atoms with E-state index in [4.69, 9.17) is 16.3 Å². The number of fused-ring (bicyclic) bond motifs is 1. The summed E-state index contributed by atoms with van der Waals surface area (Å²) in [6.45, 7) is 0.676. The van der Waals surface area contributed by atoms with Crippen molar-refractivity contribution in [2.24, 2.45) is 0 Å². The van der Waals surface area contributed by atoms with Crippen LogP contribution in [0.3, 0.4) is 0 Å². The molecule has 0 aliphatic carbocycles. The summed E-state index contributed by atoms with van der Waals surface area (Å²) in [4.78, 5) is 15.3. The number of ether oxygens (including phenoxy) is 1. The summed E-state index contributed by atoms with van der Waals surface area (Å²) in [7, 11) is 1.62. The molecule has 4 rings (SSSR count). The number of amides is 1. The fraction of sp³-hybridized carbons (Fsp3) is 0.174. The highest BCUT2D eigenvalue weighted by Crippen LogP contribution is 2.36. The van der Waals surface area contributed by atoms with E-state index in [0.29, 0.717) is 17.1 Å². The molecule has 0 saturated heterocycles. The molecule has 0 unspecified atom stereocenters.